The van der Waals surface area contributed by atoms with Gasteiger partial charge in [-0.05, 0) is 37.0 Å². The van der Waals surface area contributed by atoms with Crippen LogP contribution >= 0.6 is 11.6 Å². The fraction of sp³-hybridized carbons (Fsp3) is 0.318. The molecule has 1 aliphatic heterocycles. The van der Waals surface area contributed by atoms with Crippen LogP contribution in [0.15, 0.2) is 48.5 Å². The zero-order valence-electron chi connectivity index (χ0n) is 14.9. The molecule has 0 spiro atoms. The number of anilines is 1. The van der Waals surface area contributed by atoms with E-state index in [2.05, 4.69) is 5.32 Å². The quantitative estimate of drug-likeness (QED) is 0.632. The largest absolute Gasteiger partial charge is 0.462 e. The minimum Gasteiger partial charge on any atom is -0.462 e. The molecule has 3 fully saturated rings. The highest BCUT2D eigenvalue weighted by Gasteiger charge is 2.63. The van der Waals surface area contributed by atoms with Crippen molar-refractivity contribution in [2.75, 3.05) is 5.32 Å². The van der Waals surface area contributed by atoms with Gasteiger partial charge in [0.2, 0.25) is 5.91 Å². The maximum atomic E-state index is 13.1. The van der Waals surface area contributed by atoms with E-state index in [1.54, 1.807) is 42.5 Å². The van der Waals surface area contributed by atoms with E-state index in [0.29, 0.717) is 21.8 Å². The third-order valence-corrected chi connectivity index (χ3v) is 6.54. The van der Waals surface area contributed by atoms with Crippen LogP contribution in [0.25, 0.3) is 0 Å². The number of ether oxygens (including phenoxy) is 1. The Morgan fingerprint density at radius 3 is 2.64 bits per heavy atom. The van der Waals surface area contributed by atoms with Gasteiger partial charge in [-0.1, -0.05) is 41.9 Å². The molecule has 2 aromatic rings. The predicted molar refractivity (Wildman–Crippen MR) is 103 cm³/mol. The summed E-state index contributed by atoms with van der Waals surface area (Å²) in [5.41, 5.74) is 1.26. The highest BCUT2D eigenvalue weighted by atomic mass is 35.5. The molecule has 2 aromatic carbocycles. The molecular formula is C22H18ClNO4. The van der Waals surface area contributed by atoms with E-state index in [-0.39, 0.29) is 41.5 Å². The Bertz CT molecular complexity index is 987. The monoisotopic (exact) mass is 395 g/mol. The van der Waals surface area contributed by atoms with Crippen LogP contribution in [0.2, 0.25) is 5.02 Å². The van der Waals surface area contributed by atoms with E-state index >= 15 is 0 Å². The van der Waals surface area contributed by atoms with E-state index in [1.165, 1.54) is 0 Å². The first-order valence-corrected chi connectivity index (χ1v) is 9.81. The summed E-state index contributed by atoms with van der Waals surface area (Å²) in [7, 11) is 0. The average molecular weight is 396 g/mol. The van der Waals surface area contributed by atoms with E-state index in [1.807, 2.05) is 6.07 Å². The molecule has 0 radical (unpaired) electrons. The fourth-order valence-electron chi connectivity index (χ4n) is 5.14. The summed E-state index contributed by atoms with van der Waals surface area (Å²) in [6.07, 6.45) is 1.59. The van der Waals surface area contributed by atoms with E-state index in [4.69, 9.17) is 16.3 Å². The van der Waals surface area contributed by atoms with Crippen molar-refractivity contribution in [3.05, 3.63) is 64.7 Å². The van der Waals surface area contributed by atoms with Crippen LogP contribution in [-0.4, -0.2) is 23.8 Å². The Morgan fingerprint density at radius 1 is 1.07 bits per heavy atom. The smallest absolute Gasteiger partial charge is 0.310 e. The van der Waals surface area contributed by atoms with E-state index in [9.17, 15) is 14.4 Å². The van der Waals surface area contributed by atoms with E-state index in [0.717, 1.165) is 12.8 Å². The molecule has 2 saturated carbocycles. The van der Waals surface area contributed by atoms with Crippen molar-refractivity contribution in [2.45, 2.75) is 18.9 Å². The van der Waals surface area contributed by atoms with Gasteiger partial charge < -0.3 is 10.1 Å². The van der Waals surface area contributed by atoms with Crippen molar-refractivity contribution < 1.29 is 19.1 Å². The molecule has 1 heterocycles. The second kappa shape index (κ2) is 6.45. The summed E-state index contributed by atoms with van der Waals surface area (Å²) in [6, 6.07) is 13.7. The van der Waals surface area contributed by atoms with Gasteiger partial charge in [0.15, 0.2) is 5.78 Å². The number of benzene rings is 2. The molecule has 5 atom stereocenters. The molecule has 28 heavy (non-hydrogen) atoms. The highest BCUT2D eigenvalue weighted by molar-refractivity contribution is 6.31. The van der Waals surface area contributed by atoms with Gasteiger partial charge in [-0.25, -0.2) is 0 Å². The lowest BCUT2D eigenvalue weighted by molar-refractivity contribution is -0.145. The van der Waals surface area contributed by atoms with Crippen LogP contribution in [0, 0.1) is 23.7 Å². The maximum absolute atomic E-state index is 13.1. The van der Waals surface area contributed by atoms with Crippen molar-refractivity contribution in [2.24, 2.45) is 23.7 Å². The number of hydrogen-bond acceptors (Lipinski definition) is 4. The minimum absolute atomic E-state index is 0.0164. The lowest BCUT2D eigenvalue weighted by Gasteiger charge is -2.24. The zero-order valence-corrected chi connectivity index (χ0v) is 15.7. The number of esters is 1. The van der Waals surface area contributed by atoms with Crippen LogP contribution in [0.3, 0.4) is 0 Å². The predicted octanol–water partition coefficient (Wildman–Crippen LogP) is 3.71. The zero-order chi connectivity index (χ0) is 19.4. The van der Waals surface area contributed by atoms with Crippen molar-refractivity contribution in [1.29, 1.82) is 0 Å². The summed E-state index contributed by atoms with van der Waals surface area (Å²) >= 11 is 6.11. The second-order valence-electron chi connectivity index (χ2n) is 7.80. The number of ketones is 1. The number of amides is 1. The Balaban J connectivity index is 1.44. The number of hydrogen-bond donors (Lipinski definition) is 1. The van der Waals surface area contributed by atoms with Crippen LogP contribution in [0.4, 0.5) is 5.69 Å². The summed E-state index contributed by atoms with van der Waals surface area (Å²) < 4.78 is 5.41. The van der Waals surface area contributed by atoms with Crippen LogP contribution < -0.4 is 5.32 Å². The first kappa shape index (κ1) is 17.4. The molecule has 0 unspecified atom stereocenters. The number of carbonyl (C=O) groups excluding carboxylic acids is 3. The van der Waals surface area contributed by atoms with Gasteiger partial charge in [0.25, 0.3) is 0 Å². The molecule has 2 bridgehead atoms. The Hall–Kier alpha value is -2.66. The lowest BCUT2D eigenvalue weighted by Crippen LogP contribution is -2.36. The summed E-state index contributed by atoms with van der Waals surface area (Å²) in [5, 5.41) is 3.31. The Morgan fingerprint density at radius 2 is 1.86 bits per heavy atom. The number of fused-ring (bicyclic) bond motifs is 1. The van der Waals surface area contributed by atoms with Gasteiger partial charge in [0.1, 0.15) is 6.10 Å². The molecule has 1 N–H and O–H groups in total. The standard InChI is InChI=1S/C22H18ClNO4/c23-13-6-7-16(14(10-13)20(25)11-4-2-1-3-5-11)24-21(26)18-12-8-15-17(9-12)28-22(27)19(15)18/h1-7,10,12,15,17-19H,8-9H2,(H,24,26)/t12-,15-,17-,18-,19-/m0/s1. The van der Waals surface area contributed by atoms with Gasteiger partial charge in [-0.3, -0.25) is 14.4 Å². The van der Waals surface area contributed by atoms with Crippen LogP contribution in [0.5, 0.6) is 0 Å². The first-order chi connectivity index (χ1) is 13.5. The SMILES string of the molecule is O=C(c1ccccc1)c1cc(Cl)ccc1NC(=O)[C@H]1[C@H]2C[C@@H]3[C@@H]1C(=O)O[C@H]3C2. The molecular weight excluding hydrogens is 378 g/mol. The van der Waals surface area contributed by atoms with Crippen molar-refractivity contribution in [3.63, 3.8) is 0 Å². The van der Waals surface area contributed by atoms with Crippen molar-refractivity contribution in [1.82, 2.24) is 0 Å². The number of rotatable bonds is 4. The van der Waals surface area contributed by atoms with Gasteiger partial charge >= 0.3 is 5.97 Å². The third-order valence-electron chi connectivity index (χ3n) is 6.31. The number of halogens is 1. The maximum Gasteiger partial charge on any atom is 0.310 e. The molecule has 6 heteroatoms. The fourth-order valence-corrected chi connectivity index (χ4v) is 5.31. The summed E-state index contributed by atoms with van der Waals surface area (Å²) in [5.74, 6) is -1.13. The molecule has 0 aromatic heterocycles. The number of nitrogens with one attached hydrogen (secondary N) is 1. The molecule has 5 nitrogen and oxygen atoms in total. The average Bonchev–Trinajstić information content (AvgIpc) is 3.32. The minimum atomic E-state index is -0.397. The first-order valence-electron chi connectivity index (χ1n) is 9.43. The summed E-state index contributed by atoms with van der Waals surface area (Å²) in [4.78, 5) is 38.2. The van der Waals surface area contributed by atoms with Gasteiger partial charge in [0.05, 0.1) is 17.5 Å². The normalized spacial score (nSPS) is 29.6. The molecule has 5 rings (SSSR count). The lowest BCUT2D eigenvalue weighted by atomic mass is 9.79. The van der Waals surface area contributed by atoms with Gasteiger partial charge in [0, 0.05) is 22.1 Å². The van der Waals surface area contributed by atoms with Gasteiger partial charge in [-0.2, -0.15) is 0 Å². The molecule has 1 saturated heterocycles. The topological polar surface area (TPSA) is 72.5 Å². The Labute approximate surface area is 167 Å². The summed E-state index contributed by atoms with van der Waals surface area (Å²) in [6.45, 7) is 0. The highest BCUT2D eigenvalue weighted by Crippen LogP contribution is 2.57. The van der Waals surface area contributed by atoms with Crippen LogP contribution in [-0.2, 0) is 14.3 Å². The molecule has 3 aliphatic rings. The second-order valence-corrected chi connectivity index (χ2v) is 8.23. The molecule has 1 amide bonds. The third kappa shape index (κ3) is 2.65. The Kier molecular flexibility index (Phi) is 4.02. The number of carbonyl (C=O) groups is 3. The van der Waals surface area contributed by atoms with E-state index < -0.39 is 5.92 Å². The van der Waals surface area contributed by atoms with Crippen molar-refractivity contribution >= 4 is 34.9 Å². The van der Waals surface area contributed by atoms with Crippen molar-refractivity contribution in [3.8, 4) is 0 Å². The molecule has 2 aliphatic carbocycles. The van der Waals surface area contributed by atoms with Gasteiger partial charge in [-0.15, -0.1) is 0 Å². The van der Waals surface area contributed by atoms with Crippen LogP contribution in [0.1, 0.15) is 28.8 Å². The molecule has 142 valence electrons.